The van der Waals surface area contributed by atoms with Crippen molar-refractivity contribution in [3.8, 4) is 0 Å². The van der Waals surface area contributed by atoms with Gasteiger partial charge in [0, 0.05) is 37.3 Å². The number of aliphatic hydroxyl groups is 1. The number of aromatic nitrogens is 4. The zero-order valence-electron chi connectivity index (χ0n) is 14.7. The Morgan fingerprint density at radius 2 is 2.24 bits per heavy atom. The Bertz CT molecular complexity index is 713. The minimum absolute atomic E-state index is 0.0427. The van der Waals surface area contributed by atoms with E-state index in [1.54, 1.807) is 6.33 Å². The minimum Gasteiger partial charge on any atom is -0.393 e. The summed E-state index contributed by atoms with van der Waals surface area (Å²) in [5, 5.41) is 21.3. The topological polar surface area (TPSA) is 92.9 Å². The fraction of sp³-hybridized carbons (Fsp3) is 0.556. The summed E-state index contributed by atoms with van der Waals surface area (Å²) in [6, 6.07) is 3.90. The fourth-order valence-corrected chi connectivity index (χ4v) is 3.44. The predicted octanol–water partition coefficient (Wildman–Crippen LogP) is 0.986. The number of nitrogens with zero attached hydrogens (tertiary/aromatic N) is 4. The van der Waals surface area contributed by atoms with Crippen LogP contribution in [0.3, 0.4) is 0 Å². The van der Waals surface area contributed by atoms with Crippen LogP contribution >= 0.6 is 0 Å². The Labute approximate surface area is 147 Å². The lowest BCUT2D eigenvalue weighted by Gasteiger charge is -2.15. The first kappa shape index (κ1) is 17.5. The maximum absolute atomic E-state index is 12.1. The first-order chi connectivity index (χ1) is 12.1. The highest BCUT2D eigenvalue weighted by molar-refractivity contribution is 5.78. The van der Waals surface area contributed by atoms with Crippen LogP contribution in [0.15, 0.2) is 24.7 Å². The zero-order valence-corrected chi connectivity index (χ0v) is 14.7. The molecule has 0 unspecified atom stereocenters. The van der Waals surface area contributed by atoms with Crippen molar-refractivity contribution < 1.29 is 9.90 Å². The van der Waals surface area contributed by atoms with Crippen LogP contribution in [0.25, 0.3) is 0 Å². The van der Waals surface area contributed by atoms with Gasteiger partial charge in [0.1, 0.15) is 12.2 Å². The molecule has 0 aliphatic heterocycles. The molecule has 2 aromatic heterocycles. The third kappa shape index (κ3) is 4.22. The molecule has 0 bridgehead atoms. The number of carbonyl (C=O) groups excluding carboxylic acids is 1. The van der Waals surface area contributed by atoms with E-state index in [1.165, 1.54) is 0 Å². The fourth-order valence-electron chi connectivity index (χ4n) is 3.44. The normalized spacial score (nSPS) is 22.9. The van der Waals surface area contributed by atoms with Gasteiger partial charge in [0.05, 0.1) is 12.5 Å². The third-order valence-electron chi connectivity index (χ3n) is 4.97. The highest BCUT2D eigenvalue weighted by Crippen LogP contribution is 2.37. The first-order valence-corrected chi connectivity index (χ1v) is 8.79. The van der Waals surface area contributed by atoms with Gasteiger partial charge in [0.15, 0.2) is 0 Å². The van der Waals surface area contributed by atoms with Gasteiger partial charge in [-0.1, -0.05) is 13.0 Å². The highest BCUT2D eigenvalue weighted by atomic mass is 16.3. The van der Waals surface area contributed by atoms with E-state index >= 15 is 0 Å². The van der Waals surface area contributed by atoms with Gasteiger partial charge in [-0.25, -0.2) is 0 Å². The van der Waals surface area contributed by atoms with E-state index in [0.717, 1.165) is 29.9 Å². The lowest BCUT2D eigenvalue weighted by molar-refractivity contribution is -0.120. The summed E-state index contributed by atoms with van der Waals surface area (Å²) < 4.78 is 1.89. The van der Waals surface area contributed by atoms with Crippen LogP contribution in [0.1, 0.15) is 42.8 Å². The van der Waals surface area contributed by atoms with E-state index in [-0.39, 0.29) is 24.2 Å². The number of pyridine rings is 1. The number of hydrogen-bond acceptors (Lipinski definition) is 5. The predicted molar refractivity (Wildman–Crippen MR) is 92.8 cm³/mol. The number of aryl methyl sites for hydroxylation is 2. The van der Waals surface area contributed by atoms with E-state index in [0.29, 0.717) is 13.0 Å². The Kier molecular flexibility index (Phi) is 5.43. The van der Waals surface area contributed by atoms with Gasteiger partial charge in [0.2, 0.25) is 5.91 Å². The van der Waals surface area contributed by atoms with Crippen molar-refractivity contribution in [3.63, 3.8) is 0 Å². The highest BCUT2D eigenvalue weighted by Gasteiger charge is 2.35. The van der Waals surface area contributed by atoms with E-state index in [1.807, 2.05) is 29.9 Å². The standard InChI is InChI=1S/C18H25N5O2/c1-3-12-4-5-15(19-9-12)8-17(25)20-10-14-6-13(7-16(14)24)18-22-21-11-23(18)2/h4-5,9,11,13-14,16,24H,3,6-8,10H2,1-2H3,(H,20,25)/t13-,14+,16+/m0/s1. The van der Waals surface area contributed by atoms with E-state index < -0.39 is 6.10 Å². The molecule has 0 saturated heterocycles. The van der Waals surface area contributed by atoms with Gasteiger partial charge in [-0.05, 0) is 30.9 Å². The SMILES string of the molecule is CCc1ccc(CC(=O)NC[C@H]2C[C@H](c3nncn3C)C[C@H]2O)nc1. The summed E-state index contributed by atoms with van der Waals surface area (Å²) in [4.78, 5) is 16.4. The molecule has 7 nitrogen and oxygen atoms in total. The number of amides is 1. The number of nitrogens with one attached hydrogen (secondary N) is 1. The van der Waals surface area contributed by atoms with Crippen molar-refractivity contribution in [3.05, 3.63) is 41.7 Å². The maximum atomic E-state index is 12.1. The summed E-state index contributed by atoms with van der Waals surface area (Å²) in [5.74, 6) is 1.06. The maximum Gasteiger partial charge on any atom is 0.226 e. The Morgan fingerprint density at radius 1 is 1.40 bits per heavy atom. The van der Waals surface area contributed by atoms with Gasteiger partial charge < -0.3 is 15.0 Å². The number of carbonyl (C=O) groups is 1. The third-order valence-corrected chi connectivity index (χ3v) is 4.97. The molecule has 0 spiro atoms. The second kappa shape index (κ2) is 7.74. The minimum atomic E-state index is -0.427. The van der Waals surface area contributed by atoms with Gasteiger partial charge in [0.25, 0.3) is 0 Å². The summed E-state index contributed by atoms with van der Waals surface area (Å²) in [7, 11) is 1.91. The molecular weight excluding hydrogens is 318 g/mol. The van der Waals surface area contributed by atoms with Crippen LogP contribution in [-0.2, 0) is 24.7 Å². The molecule has 1 fully saturated rings. The summed E-state index contributed by atoms with van der Waals surface area (Å²) in [6.07, 6.45) is 5.72. The second-order valence-corrected chi connectivity index (χ2v) is 6.79. The zero-order chi connectivity index (χ0) is 17.8. The van der Waals surface area contributed by atoms with Gasteiger partial charge in [-0.15, -0.1) is 10.2 Å². The van der Waals surface area contributed by atoms with E-state index in [4.69, 9.17) is 0 Å². The molecule has 1 aliphatic carbocycles. The smallest absolute Gasteiger partial charge is 0.226 e. The Morgan fingerprint density at radius 3 is 2.88 bits per heavy atom. The van der Waals surface area contributed by atoms with Crippen LogP contribution in [0.4, 0.5) is 0 Å². The Balaban J connectivity index is 1.49. The summed E-state index contributed by atoms with van der Waals surface area (Å²) in [6.45, 7) is 2.55. The largest absolute Gasteiger partial charge is 0.393 e. The second-order valence-electron chi connectivity index (χ2n) is 6.79. The van der Waals surface area contributed by atoms with Crippen LogP contribution in [0, 0.1) is 5.92 Å². The van der Waals surface area contributed by atoms with Crippen molar-refractivity contribution in [2.75, 3.05) is 6.54 Å². The molecule has 2 heterocycles. The number of rotatable bonds is 6. The van der Waals surface area contributed by atoms with Crippen LogP contribution < -0.4 is 5.32 Å². The molecule has 134 valence electrons. The van der Waals surface area contributed by atoms with Crippen molar-refractivity contribution in [2.45, 2.75) is 44.6 Å². The molecule has 0 radical (unpaired) electrons. The monoisotopic (exact) mass is 343 g/mol. The van der Waals surface area contributed by atoms with E-state index in [9.17, 15) is 9.90 Å². The quantitative estimate of drug-likeness (QED) is 0.816. The van der Waals surface area contributed by atoms with Gasteiger partial charge in [-0.2, -0.15) is 0 Å². The molecule has 2 aromatic rings. The molecule has 1 aliphatic rings. The summed E-state index contributed by atoms with van der Waals surface area (Å²) >= 11 is 0. The van der Waals surface area contributed by atoms with Crippen molar-refractivity contribution in [2.24, 2.45) is 13.0 Å². The van der Waals surface area contributed by atoms with Crippen molar-refractivity contribution >= 4 is 5.91 Å². The molecule has 2 N–H and O–H groups in total. The Hall–Kier alpha value is -2.28. The van der Waals surface area contributed by atoms with Crippen molar-refractivity contribution in [1.29, 1.82) is 0 Å². The lowest BCUT2D eigenvalue weighted by Crippen LogP contribution is -2.33. The molecule has 3 atom stereocenters. The molecule has 1 saturated carbocycles. The average molecular weight is 343 g/mol. The molecule has 25 heavy (non-hydrogen) atoms. The van der Waals surface area contributed by atoms with Crippen LogP contribution in [0.5, 0.6) is 0 Å². The van der Waals surface area contributed by atoms with Crippen molar-refractivity contribution in [1.82, 2.24) is 25.1 Å². The van der Waals surface area contributed by atoms with Crippen LogP contribution in [-0.4, -0.2) is 43.4 Å². The van der Waals surface area contributed by atoms with E-state index in [2.05, 4.69) is 27.4 Å². The molecule has 3 rings (SSSR count). The molecule has 1 amide bonds. The van der Waals surface area contributed by atoms with Gasteiger partial charge >= 0.3 is 0 Å². The van der Waals surface area contributed by atoms with Gasteiger partial charge in [-0.3, -0.25) is 9.78 Å². The molecule has 7 heteroatoms. The molecule has 0 aromatic carbocycles. The first-order valence-electron chi connectivity index (χ1n) is 8.79. The average Bonchev–Trinajstić information content (AvgIpc) is 3.19. The lowest BCUT2D eigenvalue weighted by atomic mass is 10.0. The number of hydrogen-bond donors (Lipinski definition) is 2. The molecular formula is C18H25N5O2. The number of aliphatic hydroxyl groups excluding tert-OH is 1. The summed E-state index contributed by atoms with van der Waals surface area (Å²) in [5.41, 5.74) is 1.92. The van der Waals surface area contributed by atoms with Crippen LogP contribution in [0.2, 0.25) is 0 Å².